The van der Waals surface area contributed by atoms with E-state index in [9.17, 15) is 9.59 Å². The number of amidine groups is 1. The fourth-order valence-corrected chi connectivity index (χ4v) is 3.07. The molecule has 0 saturated carbocycles. The first kappa shape index (κ1) is 18.5. The minimum Gasteiger partial charge on any atom is -0.493 e. The zero-order valence-electron chi connectivity index (χ0n) is 14.5. The van der Waals surface area contributed by atoms with E-state index in [2.05, 4.69) is 10.3 Å². The van der Waals surface area contributed by atoms with Crippen LogP contribution < -0.4 is 20.5 Å². The number of ether oxygens (including phenoxy) is 2. The molecule has 8 heteroatoms. The van der Waals surface area contributed by atoms with Gasteiger partial charge in [0.25, 0.3) is 11.1 Å². The van der Waals surface area contributed by atoms with Gasteiger partial charge in [-0.2, -0.15) is 0 Å². The highest BCUT2D eigenvalue weighted by Crippen LogP contribution is 2.32. The minimum atomic E-state index is -0.572. The molecule has 27 heavy (non-hydrogen) atoms. The molecule has 1 heterocycles. The Morgan fingerprint density at radius 2 is 2.00 bits per heavy atom. The van der Waals surface area contributed by atoms with Crippen molar-refractivity contribution in [1.82, 2.24) is 5.32 Å². The molecule has 2 aromatic rings. The van der Waals surface area contributed by atoms with Crippen LogP contribution in [0.5, 0.6) is 11.5 Å². The summed E-state index contributed by atoms with van der Waals surface area (Å²) in [5.74, 6) is 0.778. The SMILES string of the molecule is COc1cc(C=C2SC(=O)NC2=Nc2ccccc2)ccc1OCC(N)=O. The lowest BCUT2D eigenvalue weighted by Gasteiger charge is -2.10. The average Bonchev–Trinajstić information content (AvgIpc) is 3.00. The summed E-state index contributed by atoms with van der Waals surface area (Å²) in [4.78, 5) is 27.9. The summed E-state index contributed by atoms with van der Waals surface area (Å²) in [6.45, 7) is -0.237. The molecule has 1 fully saturated rings. The summed E-state index contributed by atoms with van der Waals surface area (Å²) in [7, 11) is 1.50. The van der Waals surface area contributed by atoms with Crippen molar-refractivity contribution in [3.05, 3.63) is 59.0 Å². The number of rotatable bonds is 6. The summed E-state index contributed by atoms with van der Waals surface area (Å²) in [5.41, 5.74) is 6.63. The van der Waals surface area contributed by atoms with Crippen molar-refractivity contribution in [2.75, 3.05) is 13.7 Å². The van der Waals surface area contributed by atoms with Gasteiger partial charge in [-0.25, -0.2) is 4.99 Å². The third kappa shape index (κ3) is 4.89. The number of aliphatic imine (C=N–C) groups is 1. The first-order valence-corrected chi connectivity index (χ1v) is 8.80. The van der Waals surface area contributed by atoms with E-state index in [0.29, 0.717) is 22.2 Å². The van der Waals surface area contributed by atoms with E-state index in [0.717, 1.165) is 23.0 Å². The Labute approximate surface area is 160 Å². The van der Waals surface area contributed by atoms with Gasteiger partial charge in [0, 0.05) is 0 Å². The lowest BCUT2D eigenvalue weighted by molar-refractivity contribution is -0.119. The van der Waals surface area contributed by atoms with Crippen molar-refractivity contribution >= 4 is 40.5 Å². The number of methoxy groups -OCH3 is 1. The molecule has 0 bridgehead atoms. The van der Waals surface area contributed by atoms with Crippen LogP contribution >= 0.6 is 11.8 Å². The molecule has 0 aliphatic carbocycles. The van der Waals surface area contributed by atoms with E-state index in [1.165, 1.54) is 7.11 Å². The first-order chi connectivity index (χ1) is 13.0. The van der Waals surface area contributed by atoms with Gasteiger partial charge >= 0.3 is 0 Å². The van der Waals surface area contributed by atoms with Crippen molar-refractivity contribution < 1.29 is 19.1 Å². The second-order valence-electron chi connectivity index (χ2n) is 5.48. The van der Waals surface area contributed by atoms with Gasteiger partial charge in [0.15, 0.2) is 18.1 Å². The number of carbonyl (C=O) groups excluding carboxylic acids is 2. The number of benzene rings is 2. The number of thioether (sulfide) groups is 1. The Morgan fingerprint density at radius 1 is 1.22 bits per heavy atom. The van der Waals surface area contributed by atoms with Gasteiger partial charge in [-0.15, -0.1) is 0 Å². The second kappa shape index (κ2) is 8.41. The van der Waals surface area contributed by atoms with Gasteiger partial charge in [0.1, 0.15) is 5.84 Å². The first-order valence-electron chi connectivity index (χ1n) is 7.99. The van der Waals surface area contributed by atoms with Crippen molar-refractivity contribution in [1.29, 1.82) is 0 Å². The van der Waals surface area contributed by atoms with Gasteiger partial charge in [-0.05, 0) is 47.7 Å². The molecule has 1 aliphatic rings. The minimum absolute atomic E-state index is 0.190. The smallest absolute Gasteiger partial charge is 0.289 e. The zero-order chi connectivity index (χ0) is 19.2. The quantitative estimate of drug-likeness (QED) is 0.798. The molecule has 2 amide bonds. The van der Waals surface area contributed by atoms with Crippen LogP contribution in [-0.4, -0.2) is 30.7 Å². The monoisotopic (exact) mass is 383 g/mol. The Bertz CT molecular complexity index is 926. The average molecular weight is 383 g/mol. The predicted molar refractivity (Wildman–Crippen MR) is 105 cm³/mol. The molecule has 3 rings (SSSR count). The Morgan fingerprint density at radius 3 is 2.70 bits per heavy atom. The van der Waals surface area contributed by atoms with E-state index in [-0.39, 0.29) is 11.8 Å². The number of hydrogen-bond donors (Lipinski definition) is 2. The Hall–Kier alpha value is -3.26. The number of nitrogens with two attached hydrogens (primary N) is 1. The lowest BCUT2D eigenvalue weighted by Crippen LogP contribution is -2.20. The van der Waals surface area contributed by atoms with Crippen LogP contribution in [0.25, 0.3) is 6.08 Å². The van der Waals surface area contributed by atoms with E-state index in [4.69, 9.17) is 15.2 Å². The highest BCUT2D eigenvalue weighted by Gasteiger charge is 2.23. The summed E-state index contributed by atoms with van der Waals surface area (Å²) >= 11 is 1.07. The van der Waals surface area contributed by atoms with E-state index < -0.39 is 5.91 Å². The number of nitrogens with one attached hydrogen (secondary N) is 1. The van der Waals surface area contributed by atoms with Gasteiger partial charge in [-0.3, -0.25) is 9.59 Å². The van der Waals surface area contributed by atoms with Gasteiger partial charge in [-0.1, -0.05) is 24.3 Å². The summed E-state index contributed by atoms with van der Waals surface area (Å²) in [6, 6.07) is 14.6. The molecule has 1 aliphatic heterocycles. The molecule has 0 atom stereocenters. The zero-order valence-corrected chi connectivity index (χ0v) is 15.3. The predicted octanol–water partition coefficient (Wildman–Crippen LogP) is 3.09. The molecule has 0 radical (unpaired) electrons. The van der Waals surface area contributed by atoms with Crippen molar-refractivity contribution in [2.24, 2.45) is 10.7 Å². The van der Waals surface area contributed by atoms with Crippen LogP contribution in [0.2, 0.25) is 0 Å². The molecule has 138 valence electrons. The van der Waals surface area contributed by atoms with Crippen LogP contribution in [0.4, 0.5) is 10.5 Å². The molecule has 0 spiro atoms. The van der Waals surface area contributed by atoms with Crippen molar-refractivity contribution in [3.63, 3.8) is 0 Å². The van der Waals surface area contributed by atoms with Crippen molar-refractivity contribution in [3.8, 4) is 11.5 Å². The molecule has 2 aromatic carbocycles. The number of primary amides is 1. The topological polar surface area (TPSA) is 103 Å². The van der Waals surface area contributed by atoms with Crippen LogP contribution in [0.3, 0.4) is 0 Å². The second-order valence-corrected chi connectivity index (χ2v) is 6.50. The van der Waals surface area contributed by atoms with E-state index >= 15 is 0 Å². The molecular weight excluding hydrogens is 366 g/mol. The Balaban J connectivity index is 1.88. The molecule has 7 nitrogen and oxygen atoms in total. The van der Waals surface area contributed by atoms with E-state index in [1.807, 2.05) is 36.4 Å². The van der Waals surface area contributed by atoms with Gasteiger partial charge in [0.05, 0.1) is 17.7 Å². The van der Waals surface area contributed by atoms with Crippen LogP contribution in [0.15, 0.2) is 58.4 Å². The largest absolute Gasteiger partial charge is 0.493 e. The Kier molecular flexibility index (Phi) is 5.77. The van der Waals surface area contributed by atoms with E-state index in [1.54, 1.807) is 18.2 Å². The molecular formula is C19H17N3O4S. The molecule has 0 aromatic heterocycles. The number of amides is 2. The standard InChI is InChI=1S/C19H17N3O4S/c1-25-15-9-12(7-8-14(15)26-11-17(20)23)10-16-18(22-19(24)27-16)21-13-5-3-2-4-6-13/h2-10H,11H2,1H3,(H2,20,23)(H,21,22,24). The van der Waals surface area contributed by atoms with Gasteiger partial charge < -0.3 is 20.5 Å². The molecule has 3 N–H and O–H groups in total. The normalized spacial score (nSPS) is 16.4. The van der Waals surface area contributed by atoms with Crippen LogP contribution in [-0.2, 0) is 4.79 Å². The maximum Gasteiger partial charge on any atom is 0.289 e. The van der Waals surface area contributed by atoms with Crippen LogP contribution in [0.1, 0.15) is 5.56 Å². The third-order valence-electron chi connectivity index (χ3n) is 3.51. The summed E-state index contributed by atoms with van der Waals surface area (Å²) in [5, 5.41) is 2.55. The highest BCUT2D eigenvalue weighted by molar-refractivity contribution is 8.18. The summed E-state index contributed by atoms with van der Waals surface area (Å²) in [6.07, 6.45) is 1.82. The van der Waals surface area contributed by atoms with Crippen LogP contribution in [0, 0.1) is 0 Å². The maximum atomic E-state index is 11.8. The molecule has 0 unspecified atom stereocenters. The van der Waals surface area contributed by atoms with Gasteiger partial charge in [0.2, 0.25) is 0 Å². The fourth-order valence-electron chi connectivity index (χ4n) is 2.34. The maximum absolute atomic E-state index is 11.8. The summed E-state index contributed by atoms with van der Waals surface area (Å²) < 4.78 is 10.6. The number of hydrogen-bond acceptors (Lipinski definition) is 6. The highest BCUT2D eigenvalue weighted by atomic mass is 32.2. The number of carbonyl (C=O) groups is 2. The number of para-hydroxylation sites is 1. The lowest BCUT2D eigenvalue weighted by atomic mass is 10.2. The fraction of sp³-hybridized carbons (Fsp3) is 0.105. The molecule has 1 saturated heterocycles. The number of nitrogens with zero attached hydrogens (tertiary/aromatic N) is 1. The van der Waals surface area contributed by atoms with Crippen molar-refractivity contribution in [2.45, 2.75) is 0 Å². The third-order valence-corrected chi connectivity index (χ3v) is 4.33.